The quantitative estimate of drug-likeness (QED) is 0.817. The Morgan fingerprint density at radius 2 is 2.40 bits per heavy atom. The second-order valence-corrected chi connectivity index (χ2v) is 6.20. The van der Waals surface area contributed by atoms with Gasteiger partial charge in [-0.3, -0.25) is 0 Å². The fourth-order valence-electron chi connectivity index (χ4n) is 1.73. The van der Waals surface area contributed by atoms with Crippen molar-refractivity contribution in [2.24, 2.45) is 5.73 Å². The molecule has 2 unspecified atom stereocenters. The summed E-state index contributed by atoms with van der Waals surface area (Å²) in [7, 11) is -3.05. The van der Waals surface area contributed by atoms with Crippen LogP contribution in [0.5, 0.6) is 0 Å². The van der Waals surface area contributed by atoms with Gasteiger partial charge in [-0.2, -0.15) is 0 Å². The van der Waals surface area contributed by atoms with Crippen LogP contribution in [-0.4, -0.2) is 19.2 Å². The minimum atomic E-state index is -3.05. The van der Waals surface area contributed by atoms with Crippen LogP contribution in [0.2, 0.25) is 0 Å². The van der Waals surface area contributed by atoms with Gasteiger partial charge >= 0.3 is 0 Å². The fraction of sp³-hybridized carbons (Fsp3) is 0.667. The van der Waals surface area contributed by atoms with Crippen molar-refractivity contribution in [2.45, 2.75) is 31.1 Å². The molecule has 1 aliphatic heterocycles. The molecule has 0 spiro atoms. The number of nitrogens with zero attached hydrogens (tertiary/aromatic N) is 1. The van der Waals surface area contributed by atoms with Crippen molar-refractivity contribution in [1.82, 2.24) is 4.98 Å². The van der Waals surface area contributed by atoms with Gasteiger partial charge in [-0.15, -0.1) is 0 Å². The van der Waals surface area contributed by atoms with E-state index in [4.69, 9.17) is 10.2 Å². The Morgan fingerprint density at radius 3 is 2.87 bits per heavy atom. The number of aromatic nitrogens is 1. The third kappa shape index (κ3) is 1.91. The lowest BCUT2D eigenvalue weighted by Gasteiger charge is -2.03. The monoisotopic (exact) mass is 230 g/mol. The molecule has 15 heavy (non-hydrogen) atoms. The summed E-state index contributed by atoms with van der Waals surface area (Å²) in [6, 6.07) is -0.230. The molecular weight excluding hydrogens is 216 g/mol. The van der Waals surface area contributed by atoms with E-state index < -0.39 is 15.1 Å². The molecule has 1 saturated heterocycles. The Kier molecular flexibility index (Phi) is 2.56. The molecule has 5 nitrogen and oxygen atoms in total. The van der Waals surface area contributed by atoms with Gasteiger partial charge in [0.15, 0.2) is 9.84 Å². The summed E-state index contributed by atoms with van der Waals surface area (Å²) in [5.41, 5.74) is 6.23. The third-order valence-corrected chi connectivity index (χ3v) is 4.77. The van der Waals surface area contributed by atoms with E-state index in [0.717, 1.165) is 0 Å². The lowest BCUT2D eigenvalue weighted by Crippen LogP contribution is -2.09. The molecule has 1 aromatic rings. The van der Waals surface area contributed by atoms with Crippen molar-refractivity contribution in [1.29, 1.82) is 0 Å². The lowest BCUT2D eigenvalue weighted by molar-refractivity contribution is 0.476. The summed E-state index contributed by atoms with van der Waals surface area (Å²) in [6.45, 7) is 1.78. The summed E-state index contributed by atoms with van der Waals surface area (Å²) in [5, 5.41) is -0.565. The SMILES string of the molecule is CC(N)c1coc(C2CCCS2(=O)=O)n1. The first-order valence-electron chi connectivity index (χ1n) is 4.93. The zero-order chi connectivity index (χ0) is 11.1. The van der Waals surface area contributed by atoms with Crippen LogP contribution in [0, 0.1) is 0 Å². The first-order valence-corrected chi connectivity index (χ1v) is 6.65. The average Bonchev–Trinajstić information content (AvgIpc) is 2.69. The number of rotatable bonds is 2. The van der Waals surface area contributed by atoms with Crippen LogP contribution in [0.1, 0.15) is 42.6 Å². The molecule has 1 aromatic heterocycles. The van der Waals surface area contributed by atoms with Crippen molar-refractivity contribution >= 4 is 9.84 Å². The van der Waals surface area contributed by atoms with E-state index in [1.54, 1.807) is 6.92 Å². The molecule has 0 bridgehead atoms. The Morgan fingerprint density at radius 1 is 1.67 bits per heavy atom. The number of nitrogens with two attached hydrogens (primary N) is 1. The Hall–Kier alpha value is -0.880. The number of hydrogen-bond acceptors (Lipinski definition) is 5. The Balaban J connectivity index is 2.30. The largest absolute Gasteiger partial charge is 0.447 e. The van der Waals surface area contributed by atoms with E-state index in [1.807, 2.05) is 0 Å². The highest BCUT2D eigenvalue weighted by Crippen LogP contribution is 2.34. The average molecular weight is 230 g/mol. The summed E-state index contributed by atoms with van der Waals surface area (Å²) < 4.78 is 28.4. The van der Waals surface area contributed by atoms with E-state index in [-0.39, 0.29) is 11.8 Å². The molecule has 2 rings (SSSR count). The Bertz CT molecular complexity index is 450. The van der Waals surface area contributed by atoms with Gasteiger partial charge in [0, 0.05) is 6.04 Å². The van der Waals surface area contributed by atoms with Crippen molar-refractivity contribution < 1.29 is 12.8 Å². The second kappa shape index (κ2) is 3.61. The van der Waals surface area contributed by atoms with Gasteiger partial charge in [-0.1, -0.05) is 0 Å². The van der Waals surface area contributed by atoms with Gasteiger partial charge in [0.2, 0.25) is 5.89 Å². The van der Waals surface area contributed by atoms with Crippen LogP contribution in [0.25, 0.3) is 0 Å². The summed E-state index contributed by atoms with van der Waals surface area (Å²) >= 11 is 0. The summed E-state index contributed by atoms with van der Waals surface area (Å²) in [6.07, 6.45) is 2.72. The molecule has 0 aliphatic carbocycles. The highest BCUT2D eigenvalue weighted by Gasteiger charge is 2.36. The standard InChI is InChI=1S/C9H14N2O3S/c1-6(10)7-5-14-9(11-7)8-3-2-4-15(8,12)13/h5-6,8H,2-4,10H2,1H3. The zero-order valence-electron chi connectivity index (χ0n) is 8.51. The van der Waals surface area contributed by atoms with Crippen LogP contribution in [0.15, 0.2) is 10.7 Å². The molecular formula is C9H14N2O3S. The minimum absolute atomic E-state index is 0.230. The number of oxazole rings is 1. The van der Waals surface area contributed by atoms with Crippen molar-refractivity contribution in [3.05, 3.63) is 17.8 Å². The van der Waals surface area contributed by atoms with Crippen LogP contribution in [-0.2, 0) is 9.84 Å². The molecule has 84 valence electrons. The minimum Gasteiger partial charge on any atom is -0.447 e. The van der Waals surface area contributed by atoms with Crippen molar-refractivity contribution in [3.63, 3.8) is 0 Å². The van der Waals surface area contributed by atoms with Crippen molar-refractivity contribution in [2.75, 3.05) is 5.75 Å². The molecule has 0 saturated carbocycles. The highest BCUT2D eigenvalue weighted by molar-refractivity contribution is 7.91. The summed E-state index contributed by atoms with van der Waals surface area (Å²) in [5.74, 6) is 0.521. The van der Waals surface area contributed by atoms with E-state index in [0.29, 0.717) is 24.4 Å². The predicted octanol–water partition coefficient (Wildman–Crippen LogP) is 0.944. The topological polar surface area (TPSA) is 86.2 Å². The predicted molar refractivity (Wildman–Crippen MR) is 54.9 cm³/mol. The molecule has 1 fully saturated rings. The van der Waals surface area contributed by atoms with Crippen LogP contribution in [0.4, 0.5) is 0 Å². The first kappa shape index (κ1) is 10.6. The maximum atomic E-state index is 11.6. The molecule has 2 heterocycles. The maximum absolute atomic E-state index is 11.6. The van der Waals surface area contributed by atoms with Gasteiger partial charge < -0.3 is 10.2 Å². The number of hydrogen-bond donors (Lipinski definition) is 1. The molecule has 0 radical (unpaired) electrons. The zero-order valence-corrected chi connectivity index (χ0v) is 9.33. The fourth-order valence-corrected chi connectivity index (χ4v) is 3.52. The molecule has 2 atom stereocenters. The van der Waals surface area contributed by atoms with Gasteiger partial charge in [0.1, 0.15) is 11.5 Å². The van der Waals surface area contributed by atoms with E-state index in [2.05, 4.69) is 4.98 Å². The first-order chi connectivity index (χ1) is 7.00. The maximum Gasteiger partial charge on any atom is 0.212 e. The molecule has 0 amide bonds. The van der Waals surface area contributed by atoms with Gasteiger partial charge in [0.05, 0.1) is 11.4 Å². The molecule has 1 aliphatic rings. The number of sulfone groups is 1. The highest BCUT2D eigenvalue weighted by atomic mass is 32.2. The smallest absolute Gasteiger partial charge is 0.212 e. The molecule has 2 N–H and O–H groups in total. The van der Waals surface area contributed by atoms with Crippen LogP contribution >= 0.6 is 0 Å². The molecule has 0 aromatic carbocycles. The normalized spacial score (nSPS) is 26.7. The van der Waals surface area contributed by atoms with Gasteiger partial charge in [-0.25, -0.2) is 13.4 Å². The van der Waals surface area contributed by atoms with Crippen LogP contribution < -0.4 is 5.73 Å². The summed E-state index contributed by atoms with van der Waals surface area (Å²) in [4.78, 5) is 4.12. The lowest BCUT2D eigenvalue weighted by atomic mass is 10.2. The third-order valence-electron chi connectivity index (χ3n) is 2.61. The second-order valence-electron chi connectivity index (χ2n) is 3.90. The van der Waals surface area contributed by atoms with E-state index in [1.165, 1.54) is 6.26 Å². The van der Waals surface area contributed by atoms with E-state index >= 15 is 0 Å². The Labute approximate surface area is 88.6 Å². The van der Waals surface area contributed by atoms with E-state index in [9.17, 15) is 8.42 Å². The van der Waals surface area contributed by atoms with Gasteiger partial charge in [-0.05, 0) is 19.8 Å². The van der Waals surface area contributed by atoms with Crippen LogP contribution in [0.3, 0.4) is 0 Å². The van der Waals surface area contributed by atoms with Crippen molar-refractivity contribution in [3.8, 4) is 0 Å². The van der Waals surface area contributed by atoms with Gasteiger partial charge in [0.25, 0.3) is 0 Å². The molecule has 6 heteroatoms.